The summed E-state index contributed by atoms with van der Waals surface area (Å²) in [6.07, 6.45) is -0.812. The van der Waals surface area contributed by atoms with Crippen LogP contribution in [0.5, 0.6) is 0 Å². The molecule has 0 amide bonds. The molecule has 4 aromatic heterocycles. The molecule has 0 bridgehead atoms. The van der Waals surface area contributed by atoms with Crippen LogP contribution in [0.25, 0.3) is 27.9 Å². The lowest BCUT2D eigenvalue weighted by atomic mass is 9.91. The average Bonchev–Trinajstić information content (AvgIpc) is 3.42. The van der Waals surface area contributed by atoms with Gasteiger partial charge in [-0.15, -0.1) is 10.2 Å². The lowest BCUT2D eigenvalue weighted by molar-refractivity contribution is -0.174. The Kier molecular flexibility index (Phi) is 5.45. The summed E-state index contributed by atoms with van der Waals surface area (Å²) >= 11 is 0. The molecule has 6 heterocycles. The second-order valence-electron chi connectivity index (χ2n) is 9.70. The SMILES string of the molecule is CC1(N2CC[C@@H](Nc3nc(N)c4c(-c5ccc6nnn(CC(F)F)c6n5)ccn4n3)C(F)(F)C2)COC1. The Hall–Kier alpha value is -3.59. The number of aromatic nitrogens is 7. The highest BCUT2D eigenvalue weighted by Gasteiger charge is 2.51. The van der Waals surface area contributed by atoms with Crippen LogP contribution in [0, 0.1) is 0 Å². The average molecular weight is 520 g/mol. The molecular weight excluding hydrogens is 496 g/mol. The molecule has 37 heavy (non-hydrogen) atoms. The number of pyridine rings is 1. The fourth-order valence-electron chi connectivity index (χ4n) is 4.89. The molecule has 0 saturated carbocycles. The first-order valence-corrected chi connectivity index (χ1v) is 11.7. The minimum Gasteiger partial charge on any atom is -0.382 e. The lowest BCUT2D eigenvalue weighted by Crippen LogP contribution is -2.67. The van der Waals surface area contributed by atoms with E-state index >= 15 is 8.78 Å². The first kappa shape index (κ1) is 23.8. The van der Waals surface area contributed by atoms with E-state index in [2.05, 4.69) is 30.7 Å². The van der Waals surface area contributed by atoms with Crippen LogP contribution >= 0.6 is 0 Å². The molecule has 4 aromatic rings. The highest BCUT2D eigenvalue weighted by atomic mass is 19.3. The number of nitrogens with one attached hydrogen (secondary N) is 1. The van der Waals surface area contributed by atoms with Gasteiger partial charge >= 0.3 is 0 Å². The Morgan fingerprint density at radius 2 is 2.03 bits per heavy atom. The predicted octanol–water partition coefficient (Wildman–Crippen LogP) is 2.29. The van der Waals surface area contributed by atoms with Crippen molar-refractivity contribution in [3.05, 3.63) is 24.4 Å². The molecule has 6 rings (SSSR count). The van der Waals surface area contributed by atoms with E-state index in [1.54, 1.807) is 29.3 Å². The van der Waals surface area contributed by atoms with Gasteiger partial charge in [-0.25, -0.2) is 31.7 Å². The maximum Gasteiger partial charge on any atom is 0.280 e. The summed E-state index contributed by atoms with van der Waals surface area (Å²) in [6, 6.07) is 3.81. The summed E-state index contributed by atoms with van der Waals surface area (Å²) in [4.78, 5) is 10.5. The second kappa shape index (κ2) is 8.48. The van der Waals surface area contributed by atoms with Gasteiger partial charge in [0.05, 0.1) is 37.0 Å². The third-order valence-corrected chi connectivity index (χ3v) is 6.98. The zero-order valence-electron chi connectivity index (χ0n) is 19.8. The molecule has 196 valence electrons. The van der Waals surface area contributed by atoms with Crippen LogP contribution in [0.15, 0.2) is 24.4 Å². The van der Waals surface area contributed by atoms with Crippen LogP contribution in [-0.2, 0) is 11.3 Å². The van der Waals surface area contributed by atoms with E-state index in [-0.39, 0.29) is 35.9 Å². The molecule has 0 spiro atoms. The van der Waals surface area contributed by atoms with Crippen molar-refractivity contribution in [1.82, 2.24) is 39.5 Å². The van der Waals surface area contributed by atoms with E-state index in [4.69, 9.17) is 10.5 Å². The first-order valence-electron chi connectivity index (χ1n) is 11.7. The molecule has 2 fully saturated rings. The number of hydrogen-bond acceptors (Lipinski definition) is 9. The number of anilines is 2. The van der Waals surface area contributed by atoms with Crippen molar-refractivity contribution in [1.29, 1.82) is 0 Å². The van der Waals surface area contributed by atoms with E-state index < -0.39 is 24.9 Å². The molecule has 2 saturated heterocycles. The Morgan fingerprint density at radius 3 is 2.73 bits per heavy atom. The molecular formula is C22H24F4N10O. The number of piperidine rings is 1. The fraction of sp³-hybridized carbons (Fsp3) is 0.500. The summed E-state index contributed by atoms with van der Waals surface area (Å²) in [5.41, 5.74) is 7.82. The van der Waals surface area contributed by atoms with Gasteiger partial charge in [0.25, 0.3) is 12.3 Å². The van der Waals surface area contributed by atoms with Crippen LogP contribution in [0.1, 0.15) is 13.3 Å². The highest BCUT2D eigenvalue weighted by Crippen LogP contribution is 2.36. The third kappa shape index (κ3) is 4.11. The normalized spacial score (nSPS) is 21.5. The summed E-state index contributed by atoms with van der Waals surface area (Å²) < 4.78 is 63.6. The largest absolute Gasteiger partial charge is 0.382 e. The van der Waals surface area contributed by atoms with Crippen molar-refractivity contribution in [3.63, 3.8) is 0 Å². The minimum atomic E-state index is -3.01. The Labute approximate surface area is 207 Å². The molecule has 1 atom stereocenters. The van der Waals surface area contributed by atoms with Crippen molar-refractivity contribution in [2.24, 2.45) is 0 Å². The number of nitrogen functional groups attached to an aromatic ring is 1. The monoisotopic (exact) mass is 520 g/mol. The van der Waals surface area contributed by atoms with Gasteiger partial charge in [0.2, 0.25) is 5.95 Å². The summed E-state index contributed by atoms with van der Waals surface area (Å²) in [7, 11) is 0. The van der Waals surface area contributed by atoms with Crippen molar-refractivity contribution < 1.29 is 22.3 Å². The van der Waals surface area contributed by atoms with Crippen molar-refractivity contribution >= 4 is 28.4 Å². The van der Waals surface area contributed by atoms with Crippen LogP contribution in [0.4, 0.5) is 29.3 Å². The highest BCUT2D eigenvalue weighted by molar-refractivity contribution is 5.88. The summed E-state index contributed by atoms with van der Waals surface area (Å²) in [5, 5.41) is 14.7. The van der Waals surface area contributed by atoms with Gasteiger partial charge in [0.1, 0.15) is 17.6 Å². The lowest BCUT2D eigenvalue weighted by Gasteiger charge is -2.51. The van der Waals surface area contributed by atoms with Gasteiger partial charge in [0, 0.05) is 18.3 Å². The number of nitrogens with zero attached hydrogens (tertiary/aromatic N) is 8. The zero-order chi connectivity index (χ0) is 25.9. The maximum atomic E-state index is 15.0. The second-order valence-corrected chi connectivity index (χ2v) is 9.70. The third-order valence-electron chi connectivity index (χ3n) is 6.98. The summed E-state index contributed by atoms with van der Waals surface area (Å²) in [5.74, 6) is -2.98. The summed E-state index contributed by atoms with van der Waals surface area (Å²) in [6.45, 7) is 2.28. The smallest absolute Gasteiger partial charge is 0.280 e. The first-order chi connectivity index (χ1) is 17.6. The molecule has 2 aliphatic heterocycles. The molecule has 0 aromatic carbocycles. The van der Waals surface area contributed by atoms with Crippen LogP contribution in [-0.4, -0.2) is 89.7 Å². The zero-order valence-corrected chi connectivity index (χ0v) is 19.8. The topological polar surface area (TPSA) is 124 Å². The Balaban J connectivity index is 1.27. The number of ether oxygens (including phenoxy) is 1. The van der Waals surface area contributed by atoms with Crippen LogP contribution < -0.4 is 11.1 Å². The molecule has 0 unspecified atom stereocenters. The van der Waals surface area contributed by atoms with Crippen molar-refractivity contribution in [2.45, 2.75) is 43.8 Å². The van der Waals surface area contributed by atoms with Gasteiger partial charge in [-0.2, -0.15) is 4.98 Å². The van der Waals surface area contributed by atoms with E-state index in [9.17, 15) is 8.78 Å². The van der Waals surface area contributed by atoms with Crippen molar-refractivity contribution in [3.8, 4) is 11.3 Å². The van der Waals surface area contributed by atoms with Crippen LogP contribution in [0.3, 0.4) is 0 Å². The Morgan fingerprint density at radius 1 is 1.22 bits per heavy atom. The molecule has 0 radical (unpaired) electrons. The maximum absolute atomic E-state index is 15.0. The fourth-order valence-corrected chi connectivity index (χ4v) is 4.89. The van der Waals surface area contributed by atoms with E-state index in [0.29, 0.717) is 42.0 Å². The number of hydrogen-bond donors (Lipinski definition) is 2. The van der Waals surface area contributed by atoms with Crippen molar-refractivity contribution in [2.75, 3.05) is 37.4 Å². The van der Waals surface area contributed by atoms with Gasteiger partial charge in [-0.3, -0.25) is 4.90 Å². The molecule has 3 N–H and O–H groups in total. The number of nitrogens with two attached hydrogens (primary N) is 1. The van der Waals surface area contributed by atoms with Gasteiger partial charge in [-0.05, 0) is 31.5 Å². The molecule has 11 nitrogen and oxygen atoms in total. The number of halogens is 4. The quantitative estimate of drug-likeness (QED) is 0.369. The van der Waals surface area contributed by atoms with Gasteiger partial charge in [-0.1, -0.05) is 5.21 Å². The number of rotatable bonds is 6. The number of likely N-dealkylation sites (tertiary alicyclic amines) is 1. The van der Waals surface area contributed by atoms with Gasteiger partial charge < -0.3 is 15.8 Å². The van der Waals surface area contributed by atoms with E-state index in [0.717, 1.165) is 4.68 Å². The van der Waals surface area contributed by atoms with Crippen LogP contribution in [0.2, 0.25) is 0 Å². The minimum absolute atomic E-state index is 0.0221. The number of alkyl halides is 4. The molecule has 0 aliphatic carbocycles. The number of fused-ring (bicyclic) bond motifs is 2. The molecule has 15 heteroatoms. The predicted molar refractivity (Wildman–Crippen MR) is 125 cm³/mol. The standard InChI is InChI=1S/C22H24F4N10O/c1-21(10-37-11-21)34-6-5-15(22(25,26)9-34)29-20-30-18(27)17-12(4-7-35(17)32-20)13-2-3-14-19(28-13)36(33-31-14)8-16(23)24/h2-4,7,15-16H,5-6,8-11H2,1H3,(H3,27,29,30,32)/t15-/m1/s1. The van der Waals surface area contributed by atoms with Gasteiger partial charge in [0.15, 0.2) is 11.5 Å². The molecule has 2 aliphatic rings. The van der Waals surface area contributed by atoms with E-state index in [1.165, 1.54) is 4.52 Å². The Bertz CT molecular complexity index is 1470. The van der Waals surface area contributed by atoms with E-state index in [1.807, 2.05) is 6.92 Å².